The summed E-state index contributed by atoms with van der Waals surface area (Å²) >= 11 is 0. The molecule has 26 heavy (non-hydrogen) atoms. The number of nitrogens with zero attached hydrogens (tertiary/aromatic N) is 1. The summed E-state index contributed by atoms with van der Waals surface area (Å²) in [6, 6.07) is 13.1. The number of rotatable bonds is 5. The number of H-pyrrole nitrogens is 1. The Kier molecular flexibility index (Phi) is 4.17. The molecule has 2 aromatic carbocycles. The molecular weight excluding hydrogens is 327 g/mol. The highest BCUT2D eigenvalue weighted by molar-refractivity contribution is 6.09. The molecule has 0 aliphatic carbocycles. The molecule has 1 N–H and O–H groups in total. The lowest BCUT2D eigenvalue weighted by molar-refractivity contribution is 0.386. The smallest absolute Gasteiger partial charge is 0.165 e. The van der Waals surface area contributed by atoms with Crippen LogP contribution in [-0.4, -0.2) is 17.1 Å². The van der Waals surface area contributed by atoms with Crippen LogP contribution in [0.1, 0.15) is 16.8 Å². The van der Waals surface area contributed by atoms with Gasteiger partial charge in [0.1, 0.15) is 0 Å². The number of para-hydroxylation sites is 1. The van der Waals surface area contributed by atoms with E-state index in [1.807, 2.05) is 30.3 Å². The van der Waals surface area contributed by atoms with E-state index < -0.39 is 0 Å². The van der Waals surface area contributed by atoms with Crippen LogP contribution in [0, 0.1) is 12.0 Å². The molecule has 0 fully saturated rings. The predicted octanol–water partition coefficient (Wildman–Crippen LogP) is 4.98. The van der Waals surface area contributed by atoms with Crippen LogP contribution in [-0.2, 0) is 12.8 Å². The van der Waals surface area contributed by atoms with Gasteiger partial charge in [0.25, 0.3) is 0 Å². The molecule has 0 aliphatic rings. The third-order valence-electron chi connectivity index (χ3n) is 4.56. The van der Waals surface area contributed by atoms with Gasteiger partial charge >= 0.3 is 0 Å². The van der Waals surface area contributed by atoms with Gasteiger partial charge in [0.2, 0.25) is 0 Å². The number of aromatic nitrogens is 2. The van der Waals surface area contributed by atoms with E-state index in [4.69, 9.17) is 4.74 Å². The number of benzene rings is 2. The average molecular weight is 345 g/mol. The minimum atomic E-state index is -0.370. The highest BCUT2D eigenvalue weighted by atomic mass is 19.1. The number of hydrogen-bond donors (Lipinski definition) is 1. The lowest BCUT2D eigenvalue weighted by atomic mass is 10.0. The largest absolute Gasteiger partial charge is 0.494 e. The SMILES string of the molecule is C=CCc1[c]nc(Cc2ccc(OC)c(F)c2)c2[nH]c3ccccc3c12. The highest BCUT2D eigenvalue weighted by Crippen LogP contribution is 2.31. The summed E-state index contributed by atoms with van der Waals surface area (Å²) < 4.78 is 19.0. The molecule has 0 unspecified atom stereocenters. The minimum Gasteiger partial charge on any atom is -0.494 e. The Morgan fingerprint density at radius 3 is 2.88 bits per heavy atom. The fourth-order valence-electron chi connectivity index (χ4n) is 3.35. The molecular formula is C22H18FN2O. The Bertz CT molecular complexity index is 1110. The second kappa shape index (κ2) is 6.64. The molecule has 0 atom stereocenters. The number of ether oxygens (including phenoxy) is 1. The summed E-state index contributed by atoms with van der Waals surface area (Å²) in [5, 5.41) is 2.25. The molecule has 0 spiro atoms. The molecule has 3 nitrogen and oxygen atoms in total. The van der Waals surface area contributed by atoms with Crippen LogP contribution in [0.15, 0.2) is 55.1 Å². The van der Waals surface area contributed by atoms with Crippen LogP contribution in [0.2, 0.25) is 0 Å². The zero-order valence-corrected chi connectivity index (χ0v) is 14.5. The molecule has 129 valence electrons. The summed E-state index contributed by atoms with van der Waals surface area (Å²) in [6.07, 6.45) is 6.22. The molecule has 2 heterocycles. The molecule has 0 bridgehead atoms. The first-order chi connectivity index (χ1) is 12.7. The summed E-state index contributed by atoms with van der Waals surface area (Å²) in [5.74, 6) is -0.129. The van der Waals surface area contributed by atoms with E-state index in [1.165, 1.54) is 13.2 Å². The Balaban J connectivity index is 1.86. The lowest BCUT2D eigenvalue weighted by Gasteiger charge is -2.08. The van der Waals surface area contributed by atoms with Gasteiger partial charge in [-0.25, -0.2) is 9.37 Å². The number of pyridine rings is 1. The van der Waals surface area contributed by atoms with Crippen molar-refractivity contribution in [1.82, 2.24) is 9.97 Å². The van der Waals surface area contributed by atoms with Crippen molar-refractivity contribution in [3.8, 4) is 5.75 Å². The molecule has 0 amide bonds. The average Bonchev–Trinajstić information content (AvgIpc) is 3.04. The number of fused-ring (bicyclic) bond motifs is 3. The van der Waals surface area contributed by atoms with Crippen LogP contribution in [0.25, 0.3) is 21.8 Å². The minimum absolute atomic E-state index is 0.241. The fraction of sp³-hybridized carbons (Fsp3) is 0.136. The maximum atomic E-state index is 14.0. The first kappa shape index (κ1) is 16.3. The van der Waals surface area contributed by atoms with E-state index >= 15 is 0 Å². The van der Waals surface area contributed by atoms with Gasteiger partial charge in [-0.1, -0.05) is 30.3 Å². The van der Waals surface area contributed by atoms with Crippen LogP contribution < -0.4 is 4.74 Å². The number of allylic oxidation sites excluding steroid dienone is 1. The van der Waals surface area contributed by atoms with E-state index in [-0.39, 0.29) is 11.6 Å². The first-order valence-corrected chi connectivity index (χ1v) is 8.44. The molecule has 4 aromatic rings. The van der Waals surface area contributed by atoms with Gasteiger partial charge in [-0.15, -0.1) is 6.58 Å². The van der Waals surface area contributed by atoms with E-state index in [0.29, 0.717) is 12.8 Å². The van der Waals surface area contributed by atoms with Gasteiger partial charge in [-0.3, -0.25) is 0 Å². The maximum Gasteiger partial charge on any atom is 0.165 e. The molecule has 0 saturated carbocycles. The maximum absolute atomic E-state index is 14.0. The number of aromatic amines is 1. The van der Waals surface area contributed by atoms with Gasteiger partial charge in [0.15, 0.2) is 11.6 Å². The Labute approximate surface area is 151 Å². The summed E-state index contributed by atoms with van der Waals surface area (Å²) in [6.45, 7) is 3.83. The monoisotopic (exact) mass is 345 g/mol. The van der Waals surface area contributed by atoms with E-state index in [0.717, 1.165) is 38.6 Å². The van der Waals surface area contributed by atoms with Crippen molar-refractivity contribution in [2.24, 2.45) is 0 Å². The summed E-state index contributed by atoms with van der Waals surface area (Å²) in [5.41, 5.74) is 4.71. The van der Waals surface area contributed by atoms with Gasteiger partial charge in [-0.2, -0.15) is 0 Å². The van der Waals surface area contributed by atoms with E-state index in [2.05, 4.69) is 28.8 Å². The normalized spacial score (nSPS) is 11.2. The third-order valence-corrected chi connectivity index (χ3v) is 4.56. The lowest BCUT2D eigenvalue weighted by Crippen LogP contribution is -1.98. The molecule has 4 heteroatoms. The van der Waals surface area contributed by atoms with Crippen LogP contribution in [0.4, 0.5) is 4.39 Å². The quantitative estimate of drug-likeness (QED) is 0.518. The third kappa shape index (κ3) is 2.73. The highest BCUT2D eigenvalue weighted by Gasteiger charge is 2.14. The number of nitrogens with one attached hydrogen (secondary N) is 1. The van der Waals surface area contributed by atoms with Crippen LogP contribution >= 0.6 is 0 Å². The van der Waals surface area contributed by atoms with Crippen LogP contribution in [0.5, 0.6) is 5.75 Å². The van der Waals surface area contributed by atoms with Gasteiger partial charge in [0.05, 0.1) is 24.5 Å². The molecule has 1 radical (unpaired) electrons. The van der Waals surface area contributed by atoms with E-state index in [9.17, 15) is 4.39 Å². The Morgan fingerprint density at radius 2 is 2.12 bits per heavy atom. The molecule has 0 aliphatic heterocycles. The second-order valence-corrected chi connectivity index (χ2v) is 6.21. The molecule has 2 aromatic heterocycles. The van der Waals surface area contributed by atoms with Gasteiger partial charge < -0.3 is 9.72 Å². The van der Waals surface area contributed by atoms with Crippen molar-refractivity contribution < 1.29 is 9.13 Å². The van der Waals surface area contributed by atoms with Crippen molar-refractivity contribution in [2.45, 2.75) is 12.8 Å². The second-order valence-electron chi connectivity index (χ2n) is 6.21. The number of methoxy groups -OCH3 is 1. The standard InChI is InChI=1S/C22H18FN2O/c1-3-6-15-13-24-19(12-14-9-10-20(26-2)17(23)11-14)22-21(15)16-7-4-5-8-18(16)25-22/h3-5,7-11,25H,1,6,12H2,2H3. The fourth-order valence-corrected chi connectivity index (χ4v) is 3.35. The van der Waals surface area contributed by atoms with Crippen molar-refractivity contribution >= 4 is 21.8 Å². The van der Waals surface area contributed by atoms with Crippen LogP contribution in [0.3, 0.4) is 0 Å². The number of halogens is 1. The first-order valence-electron chi connectivity index (χ1n) is 8.44. The van der Waals surface area contributed by atoms with Crippen molar-refractivity contribution in [3.63, 3.8) is 0 Å². The molecule has 0 saturated heterocycles. The summed E-state index contributed by atoms with van der Waals surface area (Å²) in [7, 11) is 1.46. The van der Waals surface area contributed by atoms with Crippen molar-refractivity contribution in [1.29, 1.82) is 0 Å². The number of hydrogen-bond acceptors (Lipinski definition) is 2. The topological polar surface area (TPSA) is 37.9 Å². The molecule has 4 rings (SSSR count). The predicted molar refractivity (Wildman–Crippen MR) is 102 cm³/mol. The Morgan fingerprint density at radius 1 is 1.27 bits per heavy atom. The van der Waals surface area contributed by atoms with Gasteiger partial charge in [0, 0.05) is 22.7 Å². The zero-order valence-electron chi connectivity index (χ0n) is 14.5. The summed E-state index contributed by atoms with van der Waals surface area (Å²) in [4.78, 5) is 8.00. The van der Waals surface area contributed by atoms with Gasteiger partial charge in [-0.05, 0) is 35.7 Å². The van der Waals surface area contributed by atoms with Crippen molar-refractivity contribution in [3.05, 3.63) is 84.0 Å². The zero-order chi connectivity index (χ0) is 18.1. The Hall–Kier alpha value is -3.14. The van der Waals surface area contributed by atoms with E-state index in [1.54, 1.807) is 6.07 Å². The van der Waals surface area contributed by atoms with Crippen molar-refractivity contribution in [2.75, 3.05) is 7.11 Å².